The monoisotopic (exact) mass is 242 g/mol. The Balaban J connectivity index is 1.85. The van der Waals surface area contributed by atoms with E-state index in [-0.39, 0.29) is 5.03 Å². The molecular formula is C9H14N4O2S. The molecular weight excluding hydrogens is 228 g/mol. The summed E-state index contributed by atoms with van der Waals surface area (Å²) in [4.78, 5) is 0. The minimum Gasteiger partial charge on any atom is -0.316 e. The van der Waals surface area contributed by atoms with Crippen molar-refractivity contribution in [3.63, 3.8) is 0 Å². The van der Waals surface area contributed by atoms with Crippen molar-refractivity contribution >= 4 is 10.0 Å². The summed E-state index contributed by atoms with van der Waals surface area (Å²) >= 11 is 0. The predicted molar refractivity (Wildman–Crippen MR) is 57.2 cm³/mol. The van der Waals surface area contributed by atoms with E-state index in [2.05, 4.69) is 15.5 Å². The van der Waals surface area contributed by atoms with Gasteiger partial charge in [-0.2, -0.15) is 9.40 Å². The van der Waals surface area contributed by atoms with Crippen LogP contribution in [0.15, 0.2) is 17.3 Å². The lowest BCUT2D eigenvalue weighted by atomic mass is 10.0. The minimum absolute atomic E-state index is 0.195. The van der Waals surface area contributed by atoms with E-state index in [1.165, 1.54) is 12.3 Å². The Bertz CT molecular complexity index is 458. The van der Waals surface area contributed by atoms with E-state index in [4.69, 9.17) is 0 Å². The topological polar surface area (TPSA) is 78.1 Å². The zero-order chi connectivity index (χ0) is 11.2. The maximum Gasteiger partial charge on any atom is 0.259 e. The Morgan fingerprint density at radius 2 is 2.00 bits per heavy atom. The molecule has 0 saturated carbocycles. The van der Waals surface area contributed by atoms with Crippen molar-refractivity contribution in [1.82, 2.24) is 19.8 Å². The number of sulfonamides is 1. The summed E-state index contributed by atoms with van der Waals surface area (Å²) in [7, 11) is -3.35. The largest absolute Gasteiger partial charge is 0.316 e. The molecule has 2 atom stereocenters. The highest BCUT2D eigenvalue weighted by molar-refractivity contribution is 7.89. The second-order valence-electron chi connectivity index (χ2n) is 4.42. The molecule has 0 spiro atoms. The van der Waals surface area contributed by atoms with Crippen molar-refractivity contribution < 1.29 is 8.42 Å². The lowest BCUT2D eigenvalue weighted by Crippen LogP contribution is -2.32. The number of nitrogens with zero attached hydrogens (tertiary/aromatic N) is 2. The molecule has 2 unspecified atom stereocenters. The van der Waals surface area contributed by atoms with Crippen LogP contribution in [0.2, 0.25) is 0 Å². The van der Waals surface area contributed by atoms with Gasteiger partial charge in [-0.15, -0.1) is 0 Å². The first-order valence-corrected chi connectivity index (χ1v) is 6.82. The lowest BCUT2D eigenvalue weighted by Gasteiger charge is -2.15. The number of aromatic nitrogens is 2. The fourth-order valence-corrected chi connectivity index (χ4v) is 3.99. The molecule has 2 aliphatic rings. The van der Waals surface area contributed by atoms with Crippen molar-refractivity contribution in [3.05, 3.63) is 12.3 Å². The highest BCUT2D eigenvalue weighted by Crippen LogP contribution is 2.29. The lowest BCUT2D eigenvalue weighted by molar-refractivity contribution is 0.445. The number of rotatable bonds is 2. The van der Waals surface area contributed by atoms with Gasteiger partial charge in [-0.3, -0.25) is 5.10 Å². The van der Waals surface area contributed by atoms with Crippen molar-refractivity contribution in [2.24, 2.45) is 11.8 Å². The molecule has 16 heavy (non-hydrogen) atoms. The van der Waals surface area contributed by atoms with E-state index >= 15 is 0 Å². The summed E-state index contributed by atoms with van der Waals surface area (Å²) in [5.74, 6) is 0.940. The van der Waals surface area contributed by atoms with Crippen molar-refractivity contribution in [2.45, 2.75) is 5.03 Å². The standard InChI is InChI=1S/C9H14N4O2S/c14-16(15,9-1-2-11-12-9)13-5-7-3-10-4-8(7)6-13/h1-2,7-8,10H,3-6H2,(H,11,12). The van der Waals surface area contributed by atoms with Crippen LogP contribution in [0, 0.1) is 11.8 Å². The summed E-state index contributed by atoms with van der Waals surface area (Å²) < 4.78 is 25.9. The SMILES string of the molecule is O=S(=O)(c1ccn[nH]1)N1CC2CNCC2C1. The van der Waals surface area contributed by atoms with Crippen LogP contribution in [0.4, 0.5) is 0 Å². The Kier molecular flexibility index (Phi) is 2.27. The van der Waals surface area contributed by atoms with Crippen molar-refractivity contribution in [3.8, 4) is 0 Å². The molecule has 2 aliphatic heterocycles. The first-order chi connectivity index (χ1) is 7.68. The Morgan fingerprint density at radius 1 is 1.31 bits per heavy atom. The predicted octanol–water partition coefficient (Wildman–Crippen LogP) is -0.750. The van der Waals surface area contributed by atoms with E-state index in [0.29, 0.717) is 24.9 Å². The number of hydrogen-bond donors (Lipinski definition) is 2. The first-order valence-electron chi connectivity index (χ1n) is 5.38. The van der Waals surface area contributed by atoms with Gasteiger partial charge in [0.05, 0.1) is 6.20 Å². The maximum atomic E-state index is 12.2. The normalized spacial score (nSPS) is 30.8. The average Bonchev–Trinajstić information content (AvgIpc) is 2.94. The molecule has 0 amide bonds. The van der Waals surface area contributed by atoms with E-state index in [0.717, 1.165) is 13.1 Å². The minimum atomic E-state index is -3.35. The van der Waals surface area contributed by atoms with Crippen LogP contribution >= 0.6 is 0 Å². The van der Waals surface area contributed by atoms with Crippen LogP contribution in [0.1, 0.15) is 0 Å². The first kappa shape index (κ1) is 10.2. The molecule has 6 nitrogen and oxygen atoms in total. The highest BCUT2D eigenvalue weighted by atomic mass is 32.2. The van der Waals surface area contributed by atoms with Crippen LogP contribution in [-0.2, 0) is 10.0 Å². The zero-order valence-electron chi connectivity index (χ0n) is 8.76. The smallest absolute Gasteiger partial charge is 0.259 e. The molecule has 7 heteroatoms. The molecule has 0 aliphatic carbocycles. The van der Waals surface area contributed by atoms with Gasteiger partial charge in [0.15, 0.2) is 5.03 Å². The van der Waals surface area contributed by atoms with Crippen LogP contribution in [0.3, 0.4) is 0 Å². The third-order valence-electron chi connectivity index (χ3n) is 3.45. The Hall–Kier alpha value is -0.920. The summed E-state index contributed by atoms with van der Waals surface area (Å²) in [5.41, 5.74) is 0. The number of hydrogen-bond acceptors (Lipinski definition) is 4. The van der Waals surface area contributed by atoms with Crippen LogP contribution in [-0.4, -0.2) is 49.1 Å². The molecule has 2 saturated heterocycles. The van der Waals surface area contributed by atoms with Gasteiger partial charge >= 0.3 is 0 Å². The maximum absolute atomic E-state index is 12.2. The van der Waals surface area contributed by atoms with Gasteiger partial charge in [0.2, 0.25) is 0 Å². The molecule has 0 bridgehead atoms. The second-order valence-corrected chi connectivity index (χ2v) is 6.33. The average molecular weight is 242 g/mol. The van der Waals surface area contributed by atoms with Gasteiger partial charge in [0, 0.05) is 13.1 Å². The fourth-order valence-electron chi connectivity index (χ4n) is 2.53. The van der Waals surface area contributed by atoms with E-state index in [1.807, 2.05) is 0 Å². The van der Waals surface area contributed by atoms with Gasteiger partial charge in [0.1, 0.15) is 0 Å². The van der Waals surface area contributed by atoms with E-state index in [9.17, 15) is 8.42 Å². The third-order valence-corrected chi connectivity index (χ3v) is 5.21. The molecule has 0 radical (unpaired) electrons. The van der Waals surface area contributed by atoms with E-state index in [1.54, 1.807) is 4.31 Å². The van der Waals surface area contributed by atoms with Gasteiger partial charge in [-0.05, 0) is 31.0 Å². The molecule has 3 rings (SSSR count). The molecule has 2 N–H and O–H groups in total. The number of H-pyrrole nitrogens is 1. The summed E-state index contributed by atoms with van der Waals surface area (Å²) in [6.07, 6.45) is 1.46. The molecule has 2 fully saturated rings. The fraction of sp³-hybridized carbons (Fsp3) is 0.667. The molecule has 1 aromatic rings. The Morgan fingerprint density at radius 3 is 2.56 bits per heavy atom. The molecule has 3 heterocycles. The summed E-state index contributed by atoms with van der Waals surface area (Å²) in [6, 6.07) is 1.50. The van der Waals surface area contributed by atoms with Crippen LogP contribution in [0.25, 0.3) is 0 Å². The molecule has 0 aromatic carbocycles. The summed E-state index contributed by atoms with van der Waals surface area (Å²) in [6.45, 7) is 3.11. The second kappa shape index (κ2) is 3.54. The zero-order valence-corrected chi connectivity index (χ0v) is 9.57. The van der Waals surface area contributed by atoms with Gasteiger partial charge < -0.3 is 5.32 Å². The van der Waals surface area contributed by atoms with Gasteiger partial charge in [-0.1, -0.05) is 0 Å². The number of nitrogens with one attached hydrogen (secondary N) is 2. The summed E-state index contributed by atoms with van der Waals surface area (Å²) in [5, 5.41) is 9.70. The quantitative estimate of drug-likeness (QED) is 0.715. The van der Waals surface area contributed by atoms with Gasteiger partial charge in [-0.25, -0.2) is 8.42 Å². The molecule has 1 aromatic heterocycles. The number of aromatic amines is 1. The van der Waals surface area contributed by atoms with Crippen LogP contribution < -0.4 is 5.32 Å². The van der Waals surface area contributed by atoms with Gasteiger partial charge in [0.25, 0.3) is 10.0 Å². The molecule has 88 valence electrons. The Labute approximate surface area is 94.1 Å². The third kappa shape index (κ3) is 1.47. The van der Waals surface area contributed by atoms with Crippen molar-refractivity contribution in [1.29, 1.82) is 0 Å². The van der Waals surface area contributed by atoms with Crippen molar-refractivity contribution in [2.75, 3.05) is 26.2 Å². The van der Waals surface area contributed by atoms with E-state index < -0.39 is 10.0 Å². The van der Waals surface area contributed by atoms with Crippen LogP contribution in [0.5, 0.6) is 0 Å². The highest BCUT2D eigenvalue weighted by Gasteiger charge is 2.41. The number of fused-ring (bicyclic) bond motifs is 1.